The van der Waals surface area contributed by atoms with E-state index in [0.717, 1.165) is 6.20 Å². The molecule has 25 heavy (non-hydrogen) atoms. The Bertz CT molecular complexity index is 826. The van der Waals surface area contributed by atoms with Crippen molar-refractivity contribution < 1.29 is 18.4 Å². The van der Waals surface area contributed by atoms with Crippen molar-refractivity contribution in [1.82, 2.24) is 19.6 Å². The molecule has 0 saturated carbocycles. The fourth-order valence-electron chi connectivity index (χ4n) is 2.69. The zero-order valence-electron chi connectivity index (χ0n) is 14.0. The van der Waals surface area contributed by atoms with Crippen molar-refractivity contribution in [2.45, 2.75) is 26.8 Å². The second-order valence-electron chi connectivity index (χ2n) is 6.54. The first-order chi connectivity index (χ1) is 11.7. The highest BCUT2D eigenvalue weighted by molar-refractivity contribution is 6.07. The van der Waals surface area contributed by atoms with Crippen LogP contribution >= 0.6 is 0 Å². The lowest BCUT2D eigenvalue weighted by atomic mass is 9.92. The van der Waals surface area contributed by atoms with Crippen molar-refractivity contribution in [2.75, 3.05) is 16.8 Å². The fourth-order valence-corrected chi connectivity index (χ4v) is 2.69. The van der Waals surface area contributed by atoms with Crippen LogP contribution in [-0.4, -0.2) is 37.9 Å². The molecule has 2 aromatic heterocycles. The number of alkyl halides is 2. The van der Waals surface area contributed by atoms with E-state index in [1.165, 1.54) is 15.6 Å². The molecule has 3 rings (SSSR count). The highest BCUT2D eigenvalue weighted by atomic mass is 19.3. The van der Waals surface area contributed by atoms with E-state index >= 15 is 0 Å². The van der Waals surface area contributed by atoms with E-state index in [2.05, 4.69) is 15.5 Å². The number of aryl methyl sites for hydroxylation is 1. The molecule has 0 radical (unpaired) electrons. The molecule has 0 bridgehead atoms. The predicted molar refractivity (Wildman–Crippen MR) is 85.4 cm³/mol. The number of amides is 2. The molecule has 1 saturated heterocycles. The molecule has 1 aliphatic rings. The number of rotatable bonds is 4. The topological polar surface area (TPSA) is 85.0 Å². The molecular formula is C15H18F2N6O2. The van der Waals surface area contributed by atoms with Gasteiger partial charge in [0.1, 0.15) is 5.69 Å². The van der Waals surface area contributed by atoms with Crippen molar-refractivity contribution >= 4 is 23.3 Å². The molecule has 1 fully saturated rings. The van der Waals surface area contributed by atoms with E-state index in [-0.39, 0.29) is 11.6 Å². The van der Waals surface area contributed by atoms with E-state index in [1.807, 2.05) is 13.8 Å². The number of halogens is 2. The van der Waals surface area contributed by atoms with Gasteiger partial charge in [-0.2, -0.15) is 19.0 Å². The molecule has 134 valence electrons. The van der Waals surface area contributed by atoms with Gasteiger partial charge >= 0.3 is 6.55 Å². The summed E-state index contributed by atoms with van der Waals surface area (Å²) in [5.74, 6) is -0.400. The lowest BCUT2D eigenvalue weighted by Gasteiger charge is -2.18. The van der Waals surface area contributed by atoms with Crippen LogP contribution in [0.25, 0.3) is 0 Å². The molecule has 0 atom stereocenters. The number of nitrogens with zero attached hydrogens (tertiary/aromatic N) is 5. The zero-order valence-corrected chi connectivity index (χ0v) is 14.0. The van der Waals surface area contributed by atoms with Crippen molar-refractivity contribution in [3.05, 3.63) is 24.2 Å². The molecule has 10 heteroatoms. The molecule has 2 aromatic rings. The standard InChI is InChI=1S/C15H18F2N6O2/c1-15(2)5-7-22(13(15)25)11-10(8-21(3)20-11)18-12(24)9-4-6-23(19-9)14(16)17/h4,6,8,14H,5,7H2,1-3H3,(H,18,24). The summed E-state index contributed by atoms with van der Waals surface area (Å²) in [6.07, 6.45) is 3.25. The monoisotopic (exact) mass is 352 g/mol. The molecule has 1 aliphatic heterocycles. The number of carbonyl (C=O) groups is 2. The smallest absolute Gasteiger partial charge is 0.316 e. The first-order valence-electron chi connectivity index (χ1n) is 7.69. The van der Waals surface area contributed by atoms with Crippen LogP contribution in [0.1, 0.15) is 37.3 Å². The van der Waals surface area contributed by atoms with Crippen LogP contribution in [0.2, 0.25) is 0 Å². The predicted octanol–water partition coefficient (Wildman–Crippen LogP) is 2.03. The lowest BCUT2D eigenvalue weighted by molar-refractivity contribution is -0.124. The van der Waals surface area contributed by atoms with Gasteiger partial charge in [0.2, 0.25) is 5.91 Å². The first-order valence-corrected chi connectivity index (χ1v) is 7.69. The summed E-state index contributed by atoms with van der Waals surface area (Å²) in [5.41, 5.74) is -0.317. The number of aromatic nitrogens is 4. The van der Waals surface area contributed by atoms with Crippen LogP contribution in [0.3, 0.4) is 0 Å². The Balaban J connectivity index is 1.84. The van der Waals surface area contributed by atoms with Gasteiger partial charge in [0.05, 0.1) is 6.20 Å². The molecule has 1 N–H and O–H groups in total. The van der Waals surface area contributed by atoms with Crippen molar-refractivity contribution in [3.63, 3.8) is 0 Å². The molecule has 0 aromatic carbocycles. The average molecular weight is 352 g/mol. The summed E-state index contributed by atoms with van der Waals surface area (Å²) < 4.78 is 27.0. The van der Waals surface area contributed by atoms with Crippen LogP contribution in [-0.2, 0) is 11.8 Å². The largest absolute Gasteiger partial charge is 0.333 e. The Morgan fingerprint density at radius 2 is 2.08 bits per heavy atom. The maximum Gasteiger partial charge on any atom is 0.333 e. The molecule has 0 aliphatic carbocycles. The van der Waals surface area contributed by atoms with Crippen molar-refractivity contribution in [2.24, 2.45) is 12.5 Å². The van der Waals surface area contributed by atoms with Crippen molar-refractivity contribution in [3.8, 4) is 0 Å². The molecule has 0 spiro atoms. The summed E-state index contributed by atoms with van der Waals surface area (Å²) in [6, 6.07) is 1.20. The van der Waals surface area contributed by atoms with Crippen LogP contribution in [0, 0.1) is 5.41 Å². The maximum atomic E-state index is 12.6. The summed E-state index contributed by atoms with van der Waals surface area (Å²) >= 11 is 0. The van der Waals surface area contributed by atoms with Crippen LogP contribution in [0.5, 0.6) is 0 Å². The minimum atomic E-state index is -2.82. The molecule has 0 unspecified atom stereocenters. The zero-order chi connectivity index (χ0) is 18.4. The molecule has 8 nitrogen and oxygen atoms in total. The van der Waals surface area contributed by atoms with Gasteiger partial charge in [0, 0.05) is 25.2 Å². The lowest BCUT2D eigenvalue weighted by Crippen LogP contribution is -2.32. The SMILES string of the molecule is Cn1cc(NC(=O)c2ccn(C(F)F)n2)c(N2CCC(C)(C)C2=O)n1. The van der Waals surface area contributed by atoms with E-state index < -0.39 is 17.9 Å². The highest BCUT2D eigenvalue weighted by Crippen LogP contribution is 2.36. The van der Waals surface area contributed by atoms with Crippen molar-refractivity contribution in [1.29, 1.82) is 0 Å². The van der Waals surface area contributed by atoms with E-state index in [0.29, 0.717) is 29.2 Å². The van der Waals surface area contributed by atoms with Crippen LogP contribution < -0.4 is 10.2 Å². The van der Waals surface area contributed by atoms with Gasteiger partial charge in [-0.3, -0.25) is 19.2 Å². The Morgan fingerprint density at radius 3 is 2.64 bits per heavy atom. The summed E-state index contributed by atoms with van der Waals surface area (Å²) in [6.45, 7) is 1.38. The number of carbonyl (C=O) groups excluding carboxylic acids is 2. The van der Waals surface area contributed by atoms with Crippen LogP contribution in [0.15, 0.2) is 18.5 Å². The highest BCUT2D eigenvalue weighted by Gasteiger charge is 2.41. The van der Waals surface area contributed by atoms with Crippen LogP contribution in [0.4, 0.5) is 20.3 Å². The number of anilines is 2. The molecule has 3 heterocycles. The van der Waals surface area contributed by atoms with Gasteiger partial charge in [0.15, 0.2) is 11.5 Å². The van der Waals surface area contributed by atoms with Gasteiger partial charge in [-0.15, -0.1) is 0 Å². The summed E-state index contributed by atoms with van der Waals surface area (Å²) in [7, 11) is 1.66. The van der Waals surface area contributed by atoms with Gasteiger partial charge < -0.3 is 5.32 Å². The van der Waals surface area contributed by atoms with Gasteiger partial charge in [0.25, 0.3) is 5.91 Å². The molecular weight excluding hydrogens is 334 g/mol. The number of hydrogen-bond donors (Lipinski definition) is 1. The minimum absolute atomic E-state index is 0.0799. The third-order valence-corrected chi connectivity index (χ3v) is 4.14. The Hall–Kier alpha value is -2.78. The summed E-state index contributed by atoms with van der Waals surface area (Å²) in [4.78, 5) is 26.3. The Morgan fingerprint density at radius 1 is 1.36 bits per heavy atom. The Labute approximate surface area is 142 Å². The first kappa shape index (κ1) is 17.1. The maximum absolute atomic E-state index is 12.6. The van der Waals surface area contributed by atoms with Gasteiger partial charge in [-0.25, -0.2) is 4.68 Å². The quantitative estimate of drug-likeness (QED) is 0.912. The van der Waals surface area contributed by atoms with E-state index in [4.69, 9.17) is 0 Å². The number of hydrogen-bond acceptors (Lipinski definition) is 4. The van der Waals surface area contributed by atoms with Gasteiger partial charge in [-0.05, 0) is 12.5 Å². The third-order valence-electron chi connectivity index (χ3n) is 4.14. The minimum Gasteiger partial charge on any atom is -0.316 e. The second kappa shape index (κ2) is 5.94. The average Bonchev–Trinajstić information content (AvgIpc) is 3.20. The van der Waals surface area contributed by atoms with Gasteiger partial charge in [-0.1, -0.05) is 13.8 Å². The van der Waals surface area contributed by atoms with E-state index in [9.17, 15) is 18.4 Å². The normalized spacial score (nSPS) is 16.7. The van der Waals surface area contributed by atoms with E-state index in [1.54, 1.807) is 13.2 Å². The molecule has 2 amide bonds. The second-order valence-corrected chi connectivity index (χ2v) is 6.54. The number of nitrogens with one attached hydrogen (secondary N) is 1. The Kier molecular flexibility index (Phi) is 4.05. The summed E-state index contributed by atoms with van der Waals surface area (Å²) in [5, 5.41) is 10.4. The third kappa shape index (κ3) is 3.11. The fraction of sp³-hybridized carbons (Fsp3) is 0.467.